The van der Waals surface area contributed by atoms with Crippen molar-refractivity contribution in [1.82, 2.24) is 4.90 Å². The number of aryl methyl sites for hydroxylation is 1. The molecule has 0 atom stereocenters. The van der Waals surface area contributed by atoms with E-state index in [0.29, 0.717) is 11.6 Å². The molecular formula is C17H19NO3. The molecule has 0 spiro atoms. The molecule has 1 N–H and O–H groups in total. The van der Waals surface area contributed by atoms with Crippen LogP contribution < -0.4 is 0 Å². The minimum absolute atomic E-state index is 0.347. The van der Waals surface area contributed by atoms with Gasteiger partial charge in [-0.3, -0.25) is 4.90 Å². The van der Waals surface area contributed by atoms with Crippen molar-refractivity contribution in [2.75, 3.05) is 0 Å². The van der Waals surface area contributed by atoms with Crippen LogP contribution in [-0.2, 0) is 13.1 Å². The number of aromatic carboxylic acids is 1. The molecule has 1 aliphatic rings. The van der Waals surface area contributed by atoms with Crippen LogP contribution >= 0.6 is 0 Å². The largest absolute Gasteiger partial charge is 0.478 e. The Labute approximate surface area is 124 Å². The van der Waals surface area contributed by atoms with Gasteiger partial charge in [0.05, 0.1) is 18.4 Å². The molecule has 0 unspecified atom stereocenters. The second kappa shape index (κ2) is 5.74. The fourth-order valence-corrected chi connectivity index (χ4v) is 2.58. The Morgan fingerprint density at radius 2 is 2.14 bits per heavy atom. The zero-order valence-electron chi connectivity index (χ0n) is 12.1. The fourth-order valence-electron chi connectivity index (χ4n) is 2.58. The highest BCUT2D eigenvalue weighted by Crippen LogP contribution is 2.30. The molecule has 1 aromatic heterocycles. The number of rotatable bonds is 6. The summed E-state index contributed by atoms with van der Waals surface area (Å²) in [6, 6.07) is 9.88. The van der Waals surface area contributed by atoms with Gasteiger partial charge in [0, 0.05) is 12.6 Å². The average molecular weight is 285 g/mol. The molecule has 3 rings (SSSR count). The standard InChI is InChI=1S/C17H19NO3/c1-12-9-13(17(19)20)4-5-14(12)10-18(15-6-7-15)11-16-3-2-8-21-16/h2-5,8-9,15H,6-7,10-11H2,1H3,(H,19,20). The summed E-state index contributed by atoms with van der Waals surface area (Å²) in [5.74, 6) is 0.0981. The number of hydrogen-bond acceptors (Lipinski definition) is 3. The van der Waals surface area contributed by atoms with Crippen molar-refractivity contribution in [2.24, 2.45) is 0 Å². The van der Waals surface area contributed by atoms with E-state index in [9.17, 15) is 4.79 Å². The van der Waals surface area contributed by atoms with Crippen LogP contribution in [0, 0.1) is 6.92 Å². The second-order valence-electron chi connectivity index (χ2n) is 5.66. The Morgan fingerprint density at radius 1 is 1.33 bits per heavy atom. The maximum atomic E-state index is 11.0. The first-order valence-electron chi connectivity index (χ1n) is 7.23. The highest BCUT2D eigenvalue weighted by atomic mass is 16.4. The minimum atomic E-state index is -0.876. The van der Waals surface area contributed by atoms with Gasteiger partial charge >= 0.3 is 5.97 Å². The molecule has 1 fully saturated rings. The quantitative estimate of drug-likeness (QED) is 0.883. The smallest absolute Gasteiger partial charge is 0.335 e. The van der Waals surface area contributed by atoms with E-state index >= 15 is 0 Å². The summed E-state index contributed by atoms with van der Waals surface area (Å²) in [5, 5.41) is 9.03. The topological polar surface area (TPSA) is 53.7 Å². The van der Waals surface area contributed by atoms with E-state index in [4.69, 9.17) is 9.52 Å². The van der Waals surface area contributed by atoms with Gasteiger partial charge in [0.2, 0.25) is 0 Å². The van der Waals surface area contributed by atoms with Gasteiger partial charge in [-0.05, 0) is 55.2 Å². The van der Waals surface area contributed by atoms with E-state index in [1.54, 1.807) is 18.4 Å². The van der Waals surface area contributed by atoms with E-state index in [1.165, 1.54) is 18.4 Å². The third-order valence-corrected chi connectivity index (χ3v) is 3.97. The van der Waals surface area contributed by atoms with Crippen LogP contribution in [0.1, 0.15) is 40.1 Å². The Kier molecular flexibility index (Phi) is 3.80. The lowest BCUT2D eigenvalue weighted by molar-refractivity contribution is 0.0696. The molecule has 0 amide bonds. The van der Waals surface area contributed by atoms with Gasteiger partial charge in [-0.1, -0.05) is 6.07 Å². The molecular weight excluding hydrogens is 266 g/mol. The van der Waals surface area contributed by atoms with Crippen LogP contribution in [0.3, 0.4) is 0 Å². The Hall–Kier alpha value is -2.07. The molecule has 4 heteroatoms. The van der Waals surface area contributed by atoms with Crippen molar-refractivity contribution < 1.29 is 14.3 Å². The van der Waals surface area contributed by atoms with E-state index in [2.05, 4.69) is 4.90 Å². The fraction of sp³-hybridized carbons (Fsp3) is 0.353. The number of hydrogen-bond donors (Lipinski definition) is 1. The van der Waals surface area contributed by atoms with Gasteiger partial charge in [-0.2, -0.15) is 0 Å². The van der Waals surface area contributed by atoms with Crippen LogP contribution in [0.2, 0.25) is 0 Å². The first-order valence-corrected chi connectivity index (χ1v) is 7.23. The van der Waals surface area contributed by atoms with Gasteiger partial charge in [-0.25, -0.2) is 4.79 Å². The van der Waals surface area contributed by atoms with Crippen molar-refractivity contribution in [3.05, 3.63) is 59.0 Å². The molecule has 0 bridgehead atoms. The summed E-state index contributed by atoms with van der Waals surface area (Å²) in [7, 11) is 0. The molecule has 4 nitrogen and oxygen atoms in total. The van der Waals surface area contributed by atoms with Crippen LogP contribution in [-0.4, -0.2) is 22.0 Å². The molecule has 110 valence electrons. The van der Waals surface area contributed by atoms with E-state index in [0.717, 1.165) is 24.4 Å². The van der Waals surface area contributed by atoms with E-state index in [1.807, 2.05) is 25.1 Å². The maximum absolute atomic E-state index is 11.0. The molecule has 1 aliphatic carbocycles. The lowest BCUT2D eigenvalue weighted by atomic mass is 10.0. The lowest BCUT2D eigenvalue weighted by Gasteiger charge is -2.22. The van der Waals surface area contributed by atoms with E-state index in [-0.39, 0.29) is 0 Å². The van der Waals surface area contributed by atoms with E-state index < -0.39 is 5.97 Å². The number of benzene rings is 1. The van der Waals surface area contributed by atoms with Gasteiger partial charge in [-0.15, -0.1) is 0 Å². The summed E-state index contributed by atoms with van der Waals surface area (Å²) in [4.78, 5) is 13.4. The Morgan fingerprint density at radius 3 is 2.71 bits per heavy atom. The zero-order chi connectivity index (χ0) is 14.8. The van der Waals surface area contributed by atoms with Crippen LogP contribution in [0.4, 0.5) is 0 Å². The number of carbonyl (C=O) groups is 1. The minimum Gasteiger partial charge on any atom is -0.478 e. The molecule has 1 aromatic carbocycles. The van der Waals surface area contributed by atoms with Crippen molar-refractivity contribution in [3.8, 4) is 0 Å². The summed E-state index contributed by atoms with van der Waals surface area (Å²) >= 11 is 0. The van der Waals surface area contributed by atoms with Crippen molar-refractivity contribution >= 4 is 5.97 Å². The third-order valence-electron chi connectivity index (χ3n) is 3.97. The predicted molar refractivity (Wildman–Crippen MR) is 79.1 cm³/mol. The number of furan rings is 1. The summed E-state index contributed by atoms with van der Waals surface area (Å²) in [6.07, 6.45) is 4.16. The number of carboxylic acids is 1. The van der Waals surface area contributed by atoms with Crippen LogP contribution in [0.15, 0.2) is 41.0 Å². The second-order valence-corrected chi connectivity index (χ2v) is 5.66. The van der Waals surface area contributed by atoms with Crippen molar-refractivity contribution in [3.63, 3.8) is 0 Å². The first-order chi connectivity index (χ1) is 10.1. The monoisotopic (exact) mass is 285 g/mol. The molecule has 21 heavy (non-hydrogen) atoms. The van der Waals surface area contributed by atoms with Crippen LogP contribution in [0.25, 0.3) is 0 Å². The number of carboxylic acid groups (broad SMARTS) is 1. The lowest BCUT2D eigenvalue weighted by Crippen LogP contribution is -2.25. The SMILES string of the molecule is Cc1cc(C(=O)O)ccc1CN(Cc1ccco1)C1CC1. The van der Waals surface area contributed by atoms with Gasteiger partial charge < -0.3 is 9.52 Å². The predicted octanol–water partition coefficient (Wildman–Crippen LogP) is 3.45. The normalized spacial score (nSPS) is 14.6. The summed E-state index contributed by atoms with van der Waals surface area (Å²) in [5.41, 5.74) is 2.55. The Bertz CT molecular complexity index is 629. The van der Waals surface area contributed by atoms with Gasteiger partial charge in [0.25, 0.3) is 0 Å². The highest BCUT2D eigenvalue weighted by molar-refractivity contribution is 5.87. The Balaban J connectivity index is 1.75. The number of nitrogens with zero attached hydrogens (tertiary/aromatic N) is 1. The molecule has 1 heterocycles. The maximum Gasteiger partial charge on any atom is 0.335 e. The highest BCUT2D eigenvalue weighted by Gasteiger charge is 2.29. The molecule has 0 aliphatic heterocycles. The first kappa shape index (κ1) is 13.9. The summed E-state index contributed by atoms with van der Waals surface area (Å²) in [6.45, 7) is 3.61. The van der Waals surface area contributed by atoms with Crippen molar-refractivity contribution in [2.45, 2.75) is 38.9 Å². The molecule has 0 radical (unpaired) electrons. The summed E-state index contributed by atoms with van der Waals surface area (Å²) < 4.78 is 5.44. The third kappa shape index (κ3) is 3.34. The molecule has 2 aromatic rings. The van der Waals surface area contributed by atoms with Gasteiger partial charge in [0.15, 0.2) is 0 Å². The average Bonchev–Trinajstić information content (AvgIpc) is 3.18. The van der Waals surface area contributed by atoms with Crippen molar-refractivity contribution in [1.29, 1.82) is 0 Å². The zero-order valence-corrected chi connectivity index (χ0v) is 12.1. The molecule has 0 saturated heterocycles. The van der Waals surface area contributed by atoms with Gasteiger partial charge in [0.1, 0.15) is 5.76 Å². The van der Waals surface area contributed by atoms with Crippen LogP contribution in [0.5, 0.6) is 0 Å². The molecule has 1 saturated carbocycles.